The fraction of sp³-hybridized carbons (Fsp3) is 0.533. The molecule has 1 aromatic carbocycles. The van der Waals surface area contributed by atoms with Crippen molar-refractivity contribution in [2.24, 2.45) is 0 Å². The zero-order chi connectivity index (χ0) is 13.1. The second kappa shape index (κ2) is 5.85. The lowest BCUT2D eigenvalue weighted by Crippen LogP contribution is -2.37. The first-order valence-electron chi connectivity index (χ1n) is 6.57. The first-order chi connectivity index (χ1) is 8.58. The number of carbonyl (C=O) groups is 1. The summed E-state index contributed by atoms with van der Waals surface area (Å²) >= 11 is 5.91. The zero-order valence-electron chi connectivity index (χ0n) is 11.0. The third-order valence-electron chi connectivity index (χ3n) is 4.05. The molecule has 0 amide bonds. The Hall–Kier alpha value is -0.860. The van der Waals surface area contributed by atoms with Crippen molar-refractivity contribution in [3.63, 3.8) is 0 Å². The van der Waals surface area contributed by atoms with E-state index < -0.39 is 0 Å². The van der Waals surface area contributed by atoms with Gasteiger partial charge in [0.05, 0.1) is 0 Å². The molecule has 0 saturated heterocycles. The lowest BCUT2D eigenvalue weighted by molar-refractivity contribution is -0.121. The number of carbonyl (C=O) groups excluding carboxylic acids is 1. The van der Waals surface area contributed by atoms with Crippen LogP contribution in [0.5, 0.6) is 0 Å². The van der Waals surface area contributed by atoms with E-state index in [-0.39, 0.29) is 0 Å². The topological polar surface area (TPSA) is 20.3 Å². The molecule has 1 unspecified atom stereocenters. The number of hydrogen-bond acceptors (Lipinski definition) is 2. The molecule has 1 atom stereocenters. The molecule has 1 saturated carbocycles. The molecular weight excluding hydrogens is 246 g/mol. The summed E-state index contributed by atoms with van der Waals surface area (Å²) in [7, 11) is 2.15. The minimum atomic E-state index is 0.362. The van der Waals surface area contributed by atoms with Crippen molar-refractivity contribution >= 4 is 17.4 Å². The van der Waals surface area contributed by atoms with Crippen LogP contribution in [-0.4, -0.2) is 23.8 Å². The number of ketones is 1. The van der Waals surface area contributed by atoms with Crippen molar-refractivity contribution in [2.45, 2.75) is 44.7 Å². The van der Waals surface area contributed by atoms with E-state index in [9.17, 15) is 4.79 Å². The Morgan fingerprint density at radius 1 is 1.22 bits per heavy atom. The molecule has 1 fully saturated rings. The maximum Gasteiger partial charge on any atom is 0.133 e. The number of benzene rings is 1. The average Bonchev–Trinajstić information content (AvgIpc) is 2.39. The Labute approximate surface area is 114 Å². The third kappa shape index (κ3) is 3.12. The van der Waals surface area contributed by atoms with Gasteiger partial charge in [-0.1, -0.05) is 23.7 Å². The van der Waals surface area contributed by atoms with Crippen LogP contribution in [0.25, 0.3) is 0 Å². The molecule has 0 aromatic heterocycles. The highest BCUT2D eigenvalue weighted by Gasteiger charge is 2.25. The Kier molecular flexibility index (Phi) is 4.41. The summed E-state index contributed by atoms with van der Waals surface area (Å²) in [6, 6.07) is 8.92. The van der Waals surface area contributed by atoms with E-state index in [0.717, 1.165) is 30.7 Å². The fourth-order valence-corrected chi connectivity index (χ4v) is 2.75. The van der Waals surface area contributed by atoms with Gasteiger partial charge in [0.2, 0.25) is 0 Å². The second-order valence-electron chi connectivity index (χ2n) is 5.16. The normalized spacial score (nSPS) is 19.2. The van der Waals surface area contributed by atoms with Crippen LogP contribution in [-0.2, 0) is 4.79 Å². The molecule has 0 bridgehead atoms. The molecule has 1 aliphatic carbocycles. The fourth-order valence-electron chi connectivity index (χ4n) is 2.62. The van der Waals surface area contributed by atoms with Gasteiger partial charge in [-0.25, -0.2) is 0 Å². The van der Waals surface area contributed by atoms with Crippen LogP contribution in [0.1, 0.15) is 44.2 Å². The van der Waals surface area contributed by atoms with Crippen LogP contribution >= 0.6 is 11.6 Å². The van der Waals surface area contributed by atoms with Gasteiger partial charge in [0, 0.05) is 29.9 Å². The predicted octanol–water partition coefficient (Wildman–Crippen LogP) is 3.84. The maximum absolute atomic E-state index is 11.3. The molecule has 0 aliphatic heterocycles. The molecule has 0 spiro atoms. The van der Waals surface area contributed by atoms with E-state index in [1.807, 2.05) is 12.1 Å². The molecule has 1 aliphatic rings. The van der Waals surface area contributed by atoms with Crippen LogP contribution in [0.3, 0.4) is 0 Å². The quantitative estimate of drug-likeness (QED) is 0.828. The highest BCUT2D eigenvalue weighted by molar-refractivity contribution is 6.30. The lowest BCUT2D eigenvalue weighted by Gasteiger charge is -2.35. The average molecular weight is 266 g/mol. The van der Waals surface area contributed by atoms with E-state index in [4.69, 9.17) is 11.6 Å². The summed E-state index contributed by atoms with van der Waals surface area (Å²) < 4.78 is 0. The summed E-state index contributed by atoms with van der Waals surface area (Å²) in [4.78, 5) is 13.7. The van der Waals surface area contributed by atoms with Gasteiger partial charge in [0.25, 0.3) is 0 Å². The van der Waals surface area contributed by atoms with Crippen molar-refractivity contribution in [2.75, 3.05) is 7.05 Å². The first kappa shape index (κ1) is 13.6. The van der Waals surface area contributed by atoms with Crippen molar-refractivity contribution in [3.8, 4) is 0 Å². The summed E-state index contributed by atoms with van der Waals surface area (Å²) in [5.41, 5.74) is 1.28. The lowest BCUT2D eigenvalue weighted by atomic mass is 9.92. The summed E-state index contributed by atoms with van der Waals surface area (Å²) in [6.07, 6.45) is 3.46. The van der Waals surface area contributed by atoms with Gasteiger partial charge >= 0.3 is 0 Å². The zero-order valence-corrected chi connectivity index (χ0v) is 11.8. The summed E-state index contributed by atoms with van der Waals surface area (Å²) in [5.74, 6) is 0.416. The molecule has 0 radical (unpaired) electrons. The molecule has 2 nitrogen and oxygen atoms in total. The van der Waals surface area contributed by atoms with Crippen LogP contribution in [0, 0.1) is 0 Å². The standard InChI is InChI=1S/C15H20ClNO/c1-11(12-3-5-13(16)6-4-12)17(2)14-7-9-15(18)10-8-14/h3-6,11,14H,7-10H2,1-2H3. The van der Waals surface area contributed by atoms with E-state index >= 15 is 0 Å². The molecule has 0 N–H and O–H groups in total. The van der Waals surface area contributed by atoms with Gasteiger partial charge < -0.3 is 0 Å². The Bertz CT molecular complexity index is 405. The summed E-state index contributed by atoms with van der Waals surface area (Å²) in [6.45, 7) is 2.21. The minimum absolute atomic E-state index is 0.362. The molecule has 2 rings (SSSR count). The van der Waals surface area contributed by atoms with Gasteiger partial charge in [-0.05, 0) is 44.5 Å². The van der Waals surface area contributed by atoms with Crippen molar-refractivity contribution in [1.82, 2.24) is 4.90 Å². The van der Waals surface area contributed by atoms with E-state index in [1.54, 1.807) is 0 Å². The minimum Gasteiger partial charge on any atom is -0.300 e. The van der Waals surface area contributed by atoms with Gasteiger partial charge in [0.15, 0.2) is 0 Å². The van der Waals surface area contributed by atoms with Crippen molar-refractivity contribution in [3.05, 3.63) is 34.9 Å². The van der Waals surface area contributed by atoms with Gasteiger partial charge in [-0.3, -0.25) is 9.69 Å². The molecule has 18 heavy (non-hydrogen) atoms. The smallest absolute Gasteiger partial charge is 0.133 e. The summed E-state index contributed by atoms with van der Waals surface area (Å²) in [5, 5.41) is 0.775. The Morgan fingerprint density at radius 2 is 1.78 bits per heavy atom. The number of hydrogen-bond donors (Lipinski definition) is 0. The molecule has 98 valence electrons. The van der Waals surface area contributed by atoms with Gasteiger partial charge in [-0.15, -0.1) is 0 Å². The van der Waals surface area contributed by atoms with Crippen LogP contribution in [0.15, 0.2) is 24.3 Å². The predicted molar refractivity (Wildman–Crippen MR) is 74.9 cm³/mol. The maximum atomic E-state index is 11.3. The van der Waals surface area contributed by atoms with Crippen molar-refractivity contribution in [1.29, 1.82) is 0 Å². The first-order valence-corrected chi connectivity index (χ1v) is 6.95. The largest absolute Gasteiger partial charge is 0.300 e. The highest BCUT2D eigenvalue weighted by atomic mass is 35.5. The van der Waals surface area contributed by atoms with Gasteiger partial charge in [0.1, 0.15) is 5.78 Å². The molecule has 3 heteroatoms. The Morgan fingerprint density at radius 3 is 2.33 bits per heavy atom. The second-order valence-corrected chi connectivity index (χ2v) is 5.60. The molecule has 0 heterocycles. The van der Waals surface area contributed by atoms with Crippen LogP contribution in [0.2, 0.25) is 5.02 Å². The van der Waals surface area contributed by atoms with Crippen molar-refractivity contribution < 1.29 is 4.79 Å². The number of halogens is 1. The number of rotatable bonds is 3. The van der Waals surface area contributed by atoms with E-state index in [2.05, 4.69) is 31.0 Å². The van der Waals surface area contributed by atoms with E-state index in [0.29, 0.717) is 17.9 Å². The molecule has 1 aromatic rings. The number of nitrogens with zero attached hydrogens (tertiary/aromatic N) is 1. The SMILES string of the molecule is CC(c1ccc(Cl)cc1)N(C)C1CCC(=O)CC1. The highest BCUT2D eigenvalue weighted by Crippen LogP contribution is 2.28. The van der Waals surface area contributed by atoms with Crippen LogP contribution in [0.4, 0.5) is 0 Å². The van der Waals surface area contributed by atoms with Crippen LogP contribution < -0.4 is 0 Å². The van der Waals surface area contributed by atoms with E-state index in [1.165, 1.54) is 5.56 Å². The van der Waals surface area contributed by atoms with Gasteiger partial charge in [-0.2, -0.15) is 0 Å². The monoisotopic (exact) mass is 265 g/mol. The Balaban J connectivity index is 2.01. The third-order valence-corrected chi connectivity index (χ3v) is 4.30. The number of Topliss-reactive ketones (excluding diaryl/α,β-unsaturated/α-hetero) is 1. The molecular formula is C15H20ClNO.